The first-order chi connectivity index (χ1) is 14.0. The first-order valence-electron chi connectivity index (χ1n) is 8.61. The van der Waals surface area contributed by atoms with Gasteiger partial charge in [0.1, 0.15) is 18.1 Å². The second-order valence-electron chi connectivity index (χ2n) is 6.10. The number of thiazole rings is 1. The van der Waals surface area contributed by atoms with Crippen molar-refractivity contribution in [2.45, 2.75) is 6.54 Å². The number of anilines is 1. The lowest BCUT2D eigenvalue weighted by atomic mass is 10.1. The first kappa shape index (κ1) is 18.8. The van der Waals surface area contributed by atoms with Crippen LogP contribution >= 0.6 is 11.3 Å². The summed E-state index contributed by atoms with van der Waals surface area (Å²) in [7, 11) is 1.57. The second kappa shape index (κ2) is 7.80. The van der Waals surface area contributed by atoms with Gasteiger partial charge < -0.3 is 10.1 Å². The van der Waals surface area contributed by atoms with E-state index in [-0.39, 0.29) is 17.8 Å². The standard InChI is InChI=1S/C20H15FN4O3S/c1-28-12-6-7-16-17(10-12)29-20(22-16)23-18(26)11-25-19(27)9-8-15(24-25)13-4-2-3-5-14(13)21/h2-10H,11H2,1H3,(H,22,23,26). The van der Waals surface area contributed by atoms with E-state index in [4.69, 9.17) is 4.74 Å². The third-order valence-corrected chi connectivity index (χ3v) is 5.09. The van der Waals surface area contributed by atoms with Crippen LogP contribution in [0.15, 0.2) is 59.4 Å². The molecular formula is C20H15FN4O3S. The molecular weight excluding hydrogens is 395 g/mol. The van der Waals surface area contributed by atoms with Crippen LogP contribution in [0.3, 0.4) is 0 Å². The molecule has 0 aliphatic rings. The highest BCUT2D eigenvalue weighted by atomic mass is 32.1. The van der Waals surface area contributed by atoms with E-state index in [2.05, 4.69) is 15.4 Å². The van der Waals surface area contributed by atoms with Crippen LogP contribution < -0.4 is 15.6 Å². The number of fused-ring (bicyclic) bond motifs is 1. The van der Waals surface area contributed by atoms with Crippen molar-refractivity contribution in [3.05, 3.63) is 70.8 Å². The highest BCUT2D eigenvalue weighted by Crippen LogP contribution is 2.29. The van der Waals surface area contributed by atoms with Crippen LogP contribution in [-0.4, -0.2) is 27.8 Å². The molecule has 2 heterocycles. The van der Waals surface area contributed by atoms with E-state index in [1.165, 1.54) is 29.5 Å². The zero-order valence-corrected chi connectivity index (χ0v) is 16.1. The molecule has 0 radical (unpaired) electrons. The number of methoxy groups -OCH3 is 1. The molecule has 146 valence electrons. The van der Waals surface area contributed by atoms with Gasteiger partial charge in [-0.2, -0.15) is 5.10 Å². The zero-order valence-electron chi connectivity index (χ0n) is 15.3. The molecule has 9 heteroatoms. The van der Waals surface area contributed by atoms with Crippen molar-refractivity contribution in [2.75, 3.05) is 12.4 Å². The molecule has 0 aliphatic heterocycles. The summed E-state index contributed by atoms with van der Waals surface area (Å²) >= 11 is 1.29. The minimum Gasteiger partial charge on any atom is -0.497 e. The molecule has 1 N–H and O–H groups in total. The number of aromatic nitrogens is 3. The van der Waals surface area contributed by atoms with Gasteiger partial charge >= 0.3 is 0 Å². The molecule has 4 rings (SSSR count). The fourth-order valence-corrected chi connectivity index (χ4v) is 3.67. The number of hydrogen-bond acceptors (Lipinski definition) is 6. The Kier molecular flexibility index (Phi) is 5.05. The fraction of sp³-hybridized carbons (Fsp3) is 0.100. The van der Waals surface area contributed by atoms with Gasteiger partial charge in [-0.25, -0.2) is 14.1 Å². The summed E-state index contributed by atoms with van der Waals surface area (Å²) in [5.74, 6) is -0.226. The lowest BCUT2D eigenvalue weighted by Crippen LogP contribution is -2.29. The van der Waals surface area contributed by atoms with Crippen molar-refractivity contribution in [3.8, 4) is 17.0 Å². The topological polar surface area (TPSA) is 86.1 Å². The maximum Gasteiger partial charge on any atom is 0.267 e. The fourth-order valence-electron chi connectivity index (χ4n) is 2.75. The van der Waals surface area contributed by atoms with Crippen molar-refractivity contribution in [3.63, 3.8) is 0 Å². The van der Waals surface area contributed by atoms with E-state index in [0.717, 1.165) is 14.9 Å². The Bertz CT molecular complexity index is 1270. The van der Waals surface area contributed by atoms with Gasteiger partial charge in [0.25, 0.3) is 5.56 Å². The highest BCUT2D eigenvalue weighted by molar-refractivity contribution is 7.22. The van der Waals surface area contributed by atoms with Crippen LogP contribution in [-0.2, 0) is 11.3 Å². The monoisotopic (exact) mass is 410 g/mol. The molecule has 4 aromatic rings. The van der Waals surface area contributed by atoms with Crippen molar-refractivity contribution >= 4 is 32.6 Å². The third kappa shape index (κ3) is 3.99. The van der Waals surface area contributed by atoms with Crippen molar-refractivity contribution < 1.29 is 13.9 Å². The summed E-state index contributed by atoms with van der Waals surface area (Å²) < 4.78 is 21.0. The van der Waals surface area contributed by atoms with Gasteiger partial charge in [0, 0.05) is 11.6 Å². The van der Waals surface area contributed by atoms with Crippen molar-refractivity contribution in [1.29, 1.82) is 0 Å². The molecule has 1 amide bonds. The maximum atomic E-state index is 14.0. The number of rotatable bonds is 5. The Balaban J connectivity index is 1.55. The zero-order chi connectivity index (χ0) is 20.4. The largest absolute Gasteiger partial charge is 0.497 e. The SMILES string of the molecule is COc1ccc2nc(NC(=O)Cn3nc(-c4ccccc4F)ccc3=O)sc2c1. The summed E-state index contributed by atoms with van der Waals surface area (Å²) in [4.78, 5) is 28.8. The quantitative estimate of drug-likeness (QED) is 0.546. The summed E-state index contributed by atoms with van der Waals surface area (Å²) in [6.07, 6.45) is 0. The summed E-state index contributed by atoms with van der Waals surface area (Å²) in [5.41, 5.74) is 0.779. The van der Waals surface area contributed by atoms with E-state index < -0.39 is 17.3 Å². The van der Waals surface area contributed by atoms with Crippen LogP contribution in [0.2, 0.25) is 0 Å². The predicted molar refractivity (Wildman–Crippen MR) is 109 cm³/mol. The minimum atomic E-state index is -0.464. The normalized spacial score (nSPS) is 10.8. The number of ether oxygens (including phenoxy) is 1. The lowest BCUT2D eigenvalue weighted by Gasteiger charge is -2.07. The Morgan fingerprint density at radius 2 is 2.03 bits per heavy atom. The van der Waals surface area contributed by atoms with Crippen LogP contribution in [0.1, 0.15) is 0 Å². The average molecular weight is 410 g/mol. The Labute approximate surface area is 168 Å². The molecule has 0 saturated heterocycles. The number of carbonyl (C=O) groups excluding carboxylic acids is 1. The van der Waals surface area contributed by atoms with Gasteiger partial charge in [0.2, 0.25) is 5.91 Å². The number of hydrogen-bond donors (Lipinski definition) is 1. The van der Waals surface area contributed by atoms with Gasteiger partial charge in [-0.15, -0.1) is 0 Å². The van der Waals surface area contributed by atoms with E-state index in [9.17, 15) is 14.0 Å². The van der Waals surface area contributed by atoms with Crippen LogP contribution in [0.5, 0.6) is 5.75 Å². The molecule has 0 aliphatic carbocycles. The maximum absolute atomic E-state index is 14.0. The molecule has 0 spiro atoms. The van der Waals surface area contributed by atoms with Crippen molar-refractivity contribution in [1.82, 2.24) is 14.8 Å². The second-order valence-corrected chi connectivity index (χ2v) is 7.13. The number of nitrogens with one attached hydrogen (secondary N) is 1. The van der Waals surface area contributed by atoms with E-state index >= 15 is 0 Å². The highest BCUT2D eigenvalue weighted by Gasteiger charge is 2.13. The van der Waals surface area contributed by atoms with Crippen molar-refractivity contribution in [2.24, 2.45) is 0 Å². The Morgan fingerprint density at radius 1 is 1.21 bits per heavy atom. The van der Waals surface area contributed by atoms with E-state index in [0.29, 0.717) is 10.9 Å². The smallest absolute Gasteiger partial charge is 0.267 e. The third-order valence-electron chi connectivity index (χ3n) is 4.15. The molecule has 0 bridgehead atoms. The number of halogens is 1. The molecule has 7 nitrogen and oxygen atoms in total. The van der Waals surface area contributed by atoms with Crippen LogP contribution in [0.4, 0.5) is 9.52 Å². The summed E-state index contributed by atoms with van der Waals surface area (Å²) in [6.45, 7) is -0.319. The number of nitrogens with zero attached hydrogens (tertiary/aromatic N) is 3. The van der Waals surface area contributed by atoms with Crippen LogP contribution in [0.25, 0.3) is 21.5 Å². The average Bonchev–Trinajstić information content (AvgIpc) is 3.11. The summed E-state index contributed by atoms with van der Waals surface area (Å²) in [5, 5.41) is 7.19. The van der Waals surface area contributed by atoms with E-state index in [1.807, 2.05) is 6.07 Å². The first-order valence-corrected chi connectivity index (χ1v) is 9.42. The molecule has 0 saturated carbocycles. The van der Waals surface area contributed by atoms with Gasteiger partial charge in [-0.1, -0.05) is 23.5 Å². The molecule has 2 aromatic carbocycles. The molecule has 29 heavy (non-hydrogen) atoms. The van der Waals surface area contributed by atoms with Gasteiger partial charge in [-0.05, 0) is 36.4 Å². The van der Waals surface area contributed by atoms with Gasteiger partial charge in [0.05, 0.1) is 23.0 Å². The minimum absolute atomic E-state index is 0.252. The number of benzene rings is 2. The predicted octanol–water partition coefficient (Wildman–Crippen LogP) is 3.31. The van der Waals surface area contributed by atoms with Gasteiger partial charge in [-0.3, -0.25) is 9.59 Å². The molecule has 0 unspecified atom stereocenters. The van der Waals surface area contributed by atoms with Crippen LogP contribution in [0, 0.1) is 5.82 Å². The van der Waals surface area contributed by atoms with Gasteiger partial charge in [0.15, 0.2) is 5.13 Å². The molecule has 0 fully saturated rings. The number of amides is 1. The Hall–Kier alpha value is -3.59. The van der Waals surface area contributed by atoms with E-state index in [1.54, 1.807) is 37.4 Å². The lowest BCUT2D eigenvalue weighted by molar-refractivity contribution is -0.117. The molecule has 2 aromatic heterocycles. The number of carbonyl (C=O) groups is 1. The molecule has 0 atom stereocenters. The summed E-state index contributed by atoms with van der Waals surface area (Å²) in [6, 6.07) is 14.2. The Morgan fingerprint density at radius 3 is 2.83 bits per heavy atom.